The van der Waals surface area contributed by atoms with Gasteiger partial charge in [0.15, 0.2) is 16.6 Å². The van der Waals surface area contributed by atoms with Crippen molar-refractivity contribution in [2.45, 2.75) is 77.6 Å². The van der Waals surface area contributed by atoms with E-state index in [1.54, 1.807) is 0 Å². The Hall–Kier alpha value is 0.0706. The molecule has 0 aliphatic carbocycles. The number of rotatable bonds is 15. The maximum Gasteiger partial charge on any atom is 0.311 e. The van der Waals surface area contributed by atoms with Gasteiger partial charge >= 0.3 is 8.56 Å². The average molecular weight is 393 g/mol. The number of hydrogen-bond donors (Lipinski definition) is 0. The SMILES string of the molecule is C=COCCOCCC[Si](C)(C)O[Si](C)(C)O[Si](C)(C)CCCC. The summed E-state index contributed by atoms with van der Waals surface area (Å²) in [5.74, 6) is 0. The van der Waals surface area contributed by atoms with Crippen LogP contribution in [0.15, 0.2) is 12.8 Å². The van der Waals surface area contributed by atoms with Crippen molar-refractivity contribution in [1.82, 2.24) is 0 Å². The Balaban J connectivity index is 4.18. The zero-order valence-corrected chi connectivity index (χ0v) is 20.1. The minimum absolute atomic E-state index is 0.575. The van der Waals surface area contributed by atoms with E-state index >= 15 is 0 Å². The van der Waals surface area contributed by atoms with Crippen LogP contribution in [-0.4, -0.2) is 45.0 Å². The minimum Gasteiger partial charge on any atom is -0.499 e. The van der Waals surface area contributed by atoms with E-state index in [1.807, 2.05) is 0 Å². The number of hydrogen-bond acceptors (Lipinski definition) is 4. The molecule has 7 heteroatoms. The van der Waals surface area contributed by atoms with Crippen LogP contribution in [0.2, 0.25) is 51.4 Å². The Kier molecular flexibility index (Phi) is 11.7. The van der Waals surface area contributed by atoms with Gasteiger partial charge < -0.3 is 17.7 Å². The zero-order valence-electron chi connectivity index (χ0n) is 17.1. The Morgan fingerprint density at radius 1 is 0.792 bits per heavy atom. The lowest BCUT2D eigenvalue weighted by atomic mass is 10.4. The van der Waals surface area contributed by atoms with Crippen molar-refractivity contribution in [2.24, 2.45) is 0 Å². The summed E-state index contributed by atoms with van der Waals surface area (Å²) in [5.41, 5.74) is 0. The molecule has 0 spiro atoms. The van der Waals surface area contributed by atoms with E-state index in [0.717, 1.165) is 19.1 Å². The summed E-state index contributed by atoms with van der Waals surface area (Å²) in [6, 6.07) is 2.33. The monoisotopic (exact) mass is 392 g/mol. The lowest BCUT2D eigenvalue weighted by Crippen LogP contribution is -2.52. The first-order chi connectivity index (χ1) is 11.0. The molecule has 24 heavy (non-hydrogen) atoms. The highest BCUT2D eigenvalue weighted by Crippen LogP contribution is 2.26. The van der Waals surface area contributed by atoms with Crippen molar-refractivity contribution in [3.8, 4) is 0 Å². The first-order valence-electron chi connectivity index (χ1n) is 9.24. The van der Waals surface area contributed by atoms with Crippen LogP contribution in [0.25, 0.3) is 0 Å². The molecule has 0 saturated heterocycles. The van der Waals surface area contributed by atoms with Crippen LogP contribution in [0.5, 0.6) is 0 Å². The second-order valence-corrected chi connectivity index (χ2v) is 20.5. The maximum atomic E-state index is 6.58. The Morgan fingerprint density at radius 2 is 1.33 bits per heavy atom. The average Bonchev–Trinajstić information content (AvgIpc) is 2.41. The summed E-state index contributed by atoms with van der Waals surface area (Å²) in [6.45, 7) is 21.4. The van der Waals surface area contributed by atoms with Crippen LogP contribution in [0, 0.1) is 0 Å². The molecule has 0 N–H and O–H groups in total. The highest BCUT2D eigenvalue weighted by atomic mass is 28.5. The van der Waals surface area contributed by atoms with E-state index in [9.17, 15) is 0 Å². The van der Waals surface area contributed by atoms with Gasteiger partial charge in [-0.3, -0.25) is 0 Å². The molecule has 0 aromatic heterocycles. The fraction of sp³-hybridized carbons (Fsp3) is 0.882. The maximum absolute atomic E-state index is 6.58. The van der Waals surface area contributed by atoms with E-state index in [4.69, 9.17) is 17.7 Å². The van der Waals surface area contributed by atoms with E-state index < -0.39 is 25.2 Å². The van der Waals surface area contributed by atoms with Gasteiger partial charge in [0.1, 0.15) is 6.61 Å². The van der Waals surface area contributed by atoms with Gasteiger partial charge in [-0.15, -0.1) is 0 Å². The molecule has 0 atom stereocenters. The molecule has 0 aromatic rings. The molecule has 0 radical (unpaired) electrons. The molecule has 0 saturated carbocycles. The van der Waals surface area contributed by atoms with Gasteiger partial charge in [0.25, 0.3) is 0 Å². The van der Waals surface area contributed by atoms with Gasteiger partial charge in [-0.2, -0.15) is 0 Å². The Morgan fingerprint density at radius 3 is 1.83 bits per heavy atom. The van der Waals surface area contributed by atoms with Gasteiger partial charge in [0.05, 0.1) is 12.9 Å². The first-order valence-corrected chi connectivity index (χ1v) is 18.3. The van der Waals surface area contributed by atoms with Crippen LogP contribution in [0.4, 0.5) is 0 Å². The molecular formula is C17H40O4Si3. The van der Waals surface area contributed by atoms with Crippen molar-refractivity contribution in [2.75, 3.05) is 19.8 Å². The lowest BCUT2D eigenvalue weighted by Gasteiger charge is -2.38. The molecule has 0 bridgehead atoms. The summed E-state index contributed by atoms with van der Waals surface area (Å²) in [7, 11) is -5.38. The second kappa shape index (κ2) is 11.6. The molecule has 0 amide bonds. The molecule has 4 nitrogen and oxygen atoms in total. The standard InChI is InChI=1S/C17H40O4Si3/c1-9-11-16-22(3,4)20-24(7,8)21-23(5,6)17-12-13-19-15-14-18-10-2/h10H,2,9,11-17H2,1,3-8H3. The summed E-state index contributed by atoms with van der Waals surface area (Å²) in [4.78, 5) is 0. The first kappa shape index (κ1) is 24.1. The number of unbranched alkanes of at least 4 members (excludes halogenated alkanes) is 1. The van der Waals surface area contributed by atoms with Gasteiger partial charge in [-0.1, -0.05) is 26.3 Å². The Bertz CT molecular complexity index is 347. The molecular weight excluding hydrogens is 352 g/mol. The van der Waals surface area contributed by atoms with Crippen LogP contribution >= 0.6 is 0 Å². The Labute approximate surface area is 153 Å². The van der Waals surface area contributed by atoms with Crippen LogP contribution in [-0.2, 0) is 17.7 Å². The minimum atomic E-state index is -2.06. The largest absolute Gasteiger partial charge is 0.499 e. The molecule has 0 rings (SSSR count). The number of ether oxygens (including phenoxy) is 2. The van der Waals surface area contributed by atoms with Gasteiger partial charge in [0, 0.05) is 6.61 Å². The summed E-state index contributed by atoms with van der Waals surface area (Å²) >= 11 is 0. The van der Waals surface area contributed by atoms with E-state index in [2.05, 4.69) is 52.8 Å². The summed E-state index contributed by atoms with van der Waals surface area (Å²) in [6.07, 6.45) is 4.98. The zero-order chi connectivity index (χ0) is 18.7. The van der Waals surface area contributed by atoms with Crippen molar-refractivity contribution < 1.29 is 17.7 Å². The van der Waals surface area contributed by atoms with E-state index in [0.29, 0.717) is 13.2 Å². The fourth-order valence-electron chi connectivity index (χ4n) is 2.95. The predicted octanol–water partition coefficient (Wildman–Crippen LogP) is 5.50. The molecule has 0 aromatic carbocycles. The molecule has 0 heterocycles. The van der Waals surface area contributed by atoms with Crippen LogP contribution in [0.1, 0.15) is 26.2 Å². The topological polar surface area (TPSA) is 36.9 Å². The van der Waals surface area contributed by atoms with Gasteiger partial charge in [0.2, 0.25) is 0 Å². The predicted molar refractivity (Wildman–Crippen MR) is 111 cm³/mol. The second-order valence-electron chi connectivity index (χ2n) is 7.98. The van der Waals surface area contributed by atoms with E-state index in [1.165, 1.54) is 25.1 Å². The molecule has 0 aliphatic rings. The van der Waals surface area contributed by atoms with Gasteiger partial charge in [-0.25, -0.2) is 0 Å². The van der Waals surface area contributed by atoms with Crippen molar-refractivity contribution in [3.05, 3.63) is 12.8 Å². The highest BCUT2D eigenvalue weighted by molar-refractivity contribution is 6.87. The highest BCUT2D eigenvalue weighted by Gasteiger charge is 2.39. The molecule has 0 aliphatic heterocycles. The summed E-state index contributed by atoms with van der Waals surface area (Å²) < 4.78 is 23.8. The van der Waals surface area contributed by atoms with Crippen LogP contribution < -0.4 is 0 Å². The van der Waals surface area contributed by atoms with Crippen LogP contribution in [0.3, 0.4) is 0 Å². The smallest absolute Gasteiger partial charge is 0.311 e. The third-order valence-electron chi connectivity index (χ3n) is 3.71. The normalized spacial score (nSPS) is 13.1. The van der Waals surface area contributed by atoms with Gasteiger partial charge in [-0.05, 0) is 57.8 Å². The third-order valence-corrected chi connectivity index (χ3v) is 15.2. The van der Waals surface area contributed by atoms with Crippen molar-refractivity contribution >= 4 is 25.2 Å². The van der Waals surface area contributed by atoms with E-state index in [-0.39, 0.29) is 0 Å². The van der Waals surface area contributed by atoms with Crippen molar-refractivity contribution in [1.29, 1.82) is 0 Å². The van der Waals surface area contributed by atoms with Crippen molar-refractivity contribution in [3.63, 3.8) is 0 Å². The quantitative estimate of drug-likeness (QED) is 0.209. The third kappa shape index (κ3) is 13.4. The lowest BCUT2D eigenvalue weighted by molar-refractivity contribution is 0.0851. The molecule has 0 unspecified atom stereocenters. The molecule has 0 fully saturated rings. The summed E-state index contributed by atoms with van der Waals surface area (Å²) in [5, 5.41) is 0. The fourth-order valence-corrected chi connectivity index (χ4v) is 17.2. The molecule has 144 valence electrons.